The van der Waals surface area contributed by atoms with Crippen LogP contribution in [-0.4, -0.2) is 16.1 Å². The van der Waals surface area contributed by atoms with Crippen LogP contribution in [0.1, 0.15) is 138 Å². The fourth-order valence-corrected chi connectivity index (χ4v) is 21.4. The molecule has 58 heavy (non-hydrogen) atoms. The quantitative estimate of drug-likeness (QED) is 0.185. The van der Waals surface area contributed by atoms with Crippen LogP contribution in [0.2, 0.25) is 33.2 Å². The molecule has 2 heteroatoms. The van der Waals surface area contributed by atoms with E-state index in [0.29, 0.717) is 33.2 Å². The average molecular weight is 805 g/mol. The number of hydrogen-bond donors (Lipinski definition) is 0. The van der Waals surface area contributed by atoms with E-state index in [4.69, 9.17) is 0 Å². The fraction of sp³-hybridized carbons (Fsp3) is 0.536. The van der Waals surface area contributed by atoms with E-state index in [0.717, 1.165) is 11.1 Å². The number of allylic oxidation sites excluding steroid dienone is 18. The molecule has 0 N–H and O–H groups in total. The lowest BCUT2D eigenvalue weighted by Gasteiger charge is -2.58. The Hall–Kier alpha value is -3.67. The molecule has 4 rings (SSSR count). The summed E-state index contributed by atoms with van der Waals surface area (Å²) >= 11 is 0. The van der Waals surface area contributed by atoms with Crippen molar-refractivity contribution >= 4 is 16.1 Å². The minimum Gasteiger partial charge on any atom is -0.126 e. The van der Waals surface area contributed by atoms with Gasteiger partial charge in [0.15, 0.2) is 0 Å². The van der Waals surface area contributed by atoms with Crippen LogP contribution in [0.5, 0.6) is 0 Å². The van der Waals surface area contributed by atoms with E-state index in [1.165, 1.54) is 33.4 Å². The molecule has 0 fully saturated rings. The Balaban J connectivity index is 2.05. The van der Waals surface area contributed by atoms with Crippen molar-refractivity contribution < 1.29 is 0 Å². The lowest BCUT2D eigenvalue weighted by atomic mass is 9.44. The first-order chi connectivity index (χ1) is 26.7. The molecule has 0 aromatic rings. The molecule has 0 saturated carbocycles. The van der Waals surface area contributed by atoms with Gasteiger partial charge in [-0.05, 0) is 102 Å². The first-order valence-corrected chi connectivity index (χ1v) is 26.7. The standard InChI is InChI=1S/C56H76Si2/c1-39(2)57(40(3)4,41(5)6)33-27-23-21-25-29-49-50(30-26-22-24-28-34-58(42(7)8,43(9)10)44(11)12)52-38-48(54(16,17)18)36-46-32-31-45-35-47(53(13,14)15)37-51(49)55(45,19)56(46,52)20/h21-24,31-32,35-44H,1-20H3/b23-21-,24-22-/t55-,56-/m0/s1. The predicted octanol–water partition coefficient (Wildman–Crippen LogP) is 15.6. The van der Waals surface area contributed by atoms with Gasteiger partial charge in [0.1, 0.15) is 16.1 Å². The van der Waals surface area contributed by atoms with Gasteiger partial charge in [-0.25, -0.2) is 0 Å². The molecule has 0 nitrogen and oxygen atoms in total. The number of rotatable bonds is 6. The van der Waals surface area contributed by atoms with Gasteiger partial charge in [-0.1, -0.05) is 210 Å². The summed E-state index contributed by atoms with van der Waals surface area (Å²) in [6.07, 6.45) is 22.4. The minimum absolute atomic E-state index is 0.0382. The van der Waals surface area contributed by atoms with Gasteiger partial charge in [0.25, 0.3) is 0 Å². The summed E-state index contributed by atoms with van der Waals surface area (Å²) in [6, 6.07) is 0. The predicted molar refractivity (Wildman–Crippen MR) is 262 cm³/mol. The molecule has 0 amide bonds. The molecule has 0 unspecified atom stereocenters. The summed E-state index contributed by atoms with van der Waals surface area (Å²) in [5, 5.41) is 0. The van der Waals surface area contributed by atoms with Gasteiger partial charge in [0.2, 0.25) is 0 Å². The SMILES string of the molecule is CC(C)[Si](C#C/C=C\C#CC1=C2C=C(C(C)(C)C)C=C3C=CC4=CC(C(C)(C)C)=CC(=C1C#C/C=C\C#C[Si](C(C)C)(C(C)C)C(C)C)[C@@]4(C)[C@@]32C)(C(C)C)C(C)C. The Bertz CT molecular complexity index is 1990. The second kappa shape index (κ2) is 17.1. The largest absolute Gasteiger partial charge is 0.146 e. The summed E-state index contributed by atoms with van der Waals surface area (Å²) in [4.78, 5) is 0. The lowest BCUT2D eigenvalue weighted by molar-refractivity contribution is 0.242. The Labute approximate surface area is 359 Å². The van der Waals surface area contributed by atoms with E-state index in [1.807, 2.05) is 24.3 Å². The van der Waals surface area contributed by atoms with Crippen molar-refractivity contribution in [2.45, 2.75) is 172 Å². The maximum Gasteiger partial charge on any atom is 0.146 e. The van der Waals surface area contributed by atoms with Crippen LogP contribution in [-0.2, 0) is 0 Å². The smallest absolute Gasteiger partial charge is 0.126 e. The average Bonchev–Trinajstić information content (AvgIpc) is 3.09. The fourth-order valence-electron chi connectivity index (χ4n) is 11.0. The zero-order valence-electron chi connectivity index (χ0n) is 40.2. The van der Waals surface area contributed by atoms with Crippen LogP contribution < -0.4 is 0 Å². The van der Waals surface area contributed by atoms with Crippen molar-refractivity contribution in [2.75, 3.05) is 0 Å². The van der Waals surface area contributed by atoms with E-state index in [-0.39, 0.29) is 21.7 Å². The normalized spacial score (nSPS) is 22.0. The molecule has 0 radical (unpaired) electrons. The lowest BCUT2D eigenvalue weighted by Crippen LogP contribution is -2.49. The molecule has 0 aliphatic heterocycles. The van der Waals surface area contributed by atoms with Gasteiger partial charge in [-0.15, -0.1) is 11.1 Å². The molecule has 4 aliphatic carbocycles. The van der Waals surface area contributed by atoms with Gasteiger partial charge in [0, 0.05) is 22.0 Å². The molecule has 0 spiro atoms. The van der Waals surface area contributed by atoms with Crippen LogP contribution in [0.15, 0.2) is 105 Å². The van der Waals surface area contributed by atoms with Gasteiger partial charge >= 0.3 is 0 Å². The molecule has 2 atom stereocenters. The Morgan fingerprint density at radius 1 is 0.448 bits per heavy atom. The molecule has 0 heterocycles. The van der Waals surface area contributed by atoms with Crippen molar-refractivity contribution in [3.8, 4) is 46.6 Å². The zero-order valence-corrected chi connectivity index (χ0v) is 42.2. The van der Waals surface area contributed by atoms with Gasteiger partial charge in [-0.3, -0.25) is 0 Å². The first kappa shape index (κ1) is 47.0. The monoisotopic (exact) mass is 805 g/mol. The Morgan fingerprint density at radius 3 is 0.983 bits per heavy atom. The highest BCUT2D eigenvalue weighted by molar-refractivity contribution is 6.91. The molecular weight excluding hydrogens is 729 g/mol. The van der Waals surface area contributed by atoms with Crippen LogP contribution in [0.3, 0.4) is 0 Å². The zero-order chi connectivity index (χ0) is 43.8. The minimum atomic E-state index is -1.84. The van der Waals surface area contributed by atoms with Gasteiger partial charge < -0.3 is 0 Å². The van der Waals surface area contributed by atoms with Crippen molar-refractivity contribution in [1.29, 1.82) is 0 Å². The van der Waals surface area contributed by atoms with Crippen LogP contribution in [0.25, 0.3) is 0 Å². The summed E-state index contributed by atoms with van der Waals surface area (Å²) in [7, 11) is -3.68. The van der Waals surface area contributed by atoms with E-state index < -0.39 is 16.1 Å². The third-order valence-electron chi connectivity index (χ3n) is 14.6. The maximum atomic E-state index is 3.84. The molecule has 0 aromatic heterocycles. The van der Waals surface area contributed by atoms with Crippen molar-refractivity contribution in [2.24, 2.45) is 21.7 Å². The molecule has 4 aliphatic rings. The third-order valence-corrected chi connectivity index (χ3v) is 27.2. The van der Waals surface area contributed by atoms with E-state index in [9.17, 15) is 0 Å². The van der Waals surface area contributed by atoms with Crippen LogP contribution in [0.4, 0.5) is 0 Å². The van der Waals surface area contributed by atoms with Gasteiger partial charge in [-0.2, -0.15) is 0 Å². The highest BCUT2D eigenvalue weighted by Crippen LogP contribution is 2.68. The summed E-state index contributed by atoms with van der Waals surface area (Å²) in [5.41, 5.74) is 20.3. The van der Waals surface area contributed by atoms with E-state index in [2.05, 4.69) is 222 Å². The summed E-state index contributed by atoms with van der Waals surface area (Å²) < 4.78 is 0. The first-order valence-electron chi connectivity index (χ1n) is 22.2. The van der Waals surface area contributed by atoms with Crippen LogP contribution >= 0.6 is 0 Å². The van der Waals surface area contributed by atoms with Crippen molar-refractivity contribution in [1.82, 2.24) is 0 Å². The van der Waals surface area contributed by atoms with Gasteiger partial charge in [0.05, 0.1) is 0 Å². The van der Waals surface area contributed by atoms with Crippen LogP contribution in [0, 0.1) is 68.3 Å². The maximum absolute atomic E-state index is 3.84. The molecule has 0 bridgehead atoms. The summed E-state index contributed by atoms with van der Waals surface area (Å²) in [5.74, 6) is 21.5. The molecule has 0 saturated heterocycles. The molecular formula is C56H76Si2. The molecule has 0 aromatic carbocycles. The van der Waals surface area contributed by atoms with E-state index in [1.54, 1.807) is 0 Å². The number of hydrogen-bond acceptors (Lipinski definition) is 0. The Kier molecular flexibility index (Phi) is 13.9. The second-order valence-electron chi connectivity index (χ2n) is 21.6. The highest BCUT2D eigenvalue weighted by atomic mass is 28.3. The van der Waals surface area contributed by atoms with E-state index >= 15 is 0 Å². The molecule has 308 valence electrons. The highest BCUT2D eigenvalue weighted by Gasteiger charge is 2.59. The second-order valence-corrected chi connectivity index (χ2v) is 32.8. The third kappa shape index (κ3) is 8.12. The van der Waals surface area contributed by atoms with Crippen molar-refractivity contribution in [3.63, 3.8) is 0 Å². The Morgan fingerprint density at radius 2 is 0.724 bits per heavy atom. The summed E-state index contributed by atoms with van der Waals surface area (Å²) in [6.45, 7) is 47.1. The van der Waals surface area contributed by atoms with Crippen molar-refractivity contribution in [3.05, 3.63) is 105 Å². The topological polar surface area (TPSA) is 0 Å².